The van der Waals surface area contributed by atoms with Crippen molar-refractivity contribution in [3.05, 3.63) is 35.6 Å². The van der Waals surface area contributed by atoms with Crippen molar-refractivity contribution < 1.29 is 4.39 Å². The van der Waals surface area contributed by atoms with Gasteiger partial charge in [-0.15, -0.1) is 0 Å². The van der Waals surface area contributed by atoms with E-state index in [1.807, 2.05) is 12.1 Å². The number of hydrogen-bond donors (Lipinski definition) is 0. The molecular formula is C14H20FN. The Kier molecular flexibility index (Phi) is 3.59. The van der Waals surface area contributed by atoms with E-state index in [1.54, 1.807) is 12.1 Å². The summed E-state index contributed by atoms with van der Waals surface area (Å²) in [6.45, 7) is 6.82. The van der Waals surface area contributed by atoms with Gasteiger partial charge in [-0.2, -0.15) is 0 Å². The fraction of sp³-hybridized carbons (Fsp3) is 0.571. The van der Waals surface area contributed by atoms with E-state index in [-0.39, 0.29) is 5.82 Å². The molecule has 1 aromatic rings. The van der Waals surface area contributed by atoms with Crippen LogP contribution in [-0.2, 0) is 0 Å². The van der Waals surface area contributed by atoms with Gasteiger partial charge in [-0.3, -0.25) is 4.90 Å². The molecule has 0 bridgehead atoms. The molecule has 2 heteroatoms. The normalized spacial score (nSPS) is 21.9. The van der Waals surface area contributed by atoms with E-state index in [1.165, 1.54) is 24.9 Å². The molecule has 88 valence electrons. The van der Waals surface area contributed by atoms with Gasteiger partial charge in [-0.1, -0.05) is 26.0 Å². The van der Waals surface area contributed by atoms with Gasteiger partial charge >= 0.3 is 0 Å². The minimum absolute atomic E-state index is 0.142. The van der Waals surface area contributed by atoms with Gasteiger partial charge in [-0.25, -0.2) is 4.39 Å². The van der Waals surface area contributed by atoms with E-state index in [9.17, 15) is 4.39 Å². The first-order valence-corrected chi connectivity index (χ1v) is 6.16. The van der Waals surface area contributed by atoms with Crippen LogP contribution in [0.4, 0.5) is 4.39 Å². The van der Waals surface area contributed by atoms with Crippen LogP contribution in [0.3, 0.4) is 0 Å². The zero-order valence-corrected chi connectivity index (χ0v) is 10.1. The molecule has 1 atom stereocenters. The van der Waals surface area contributed by atoms with E-state index in [2.05, 4.69) is 18.7 Å². The lowest BCUT2D eigenvalue weighted by Crippen LogP contribution is -2.27. The van der Waals surface area contributed by atoms with Crippen molar-refractivity contribution in [3.63, 3.8) is 0 Å². The largest absolute Gasteiger partial charge is 0.296 e. The van der Waals surface area contributed by atoms with Gasteiger partial charge in [0.1, 0.15) is 5.82 Å². The highest BCUT2D eigenvalue weighted by Gasteiger charge is 2.25. The molecule has 1 aromatic carbocycles. The molecule has 0 amide bonds. The summed E-state index contributed by atoms with van der Waals surface area (Å²) < 4.78 is 12.9. The second kappa shape index (κ2) is 4.96. The van der Waals surface area contributed by atoms with Crippen molar-refractivity contribution in [2.24, 2.45) is 5.92 Å². The van der Waals surface area contributed by atoms with Crippen LogP contribution in [0.5, 0.6) is 0 Å². The lowest BCUT2D eigenvalue weighted by molar-refractivity contribution is 0.229. The summed E-state index contributed by atoms with van der Waals surface area (Å²) in [4.78, 5) is 2.53. The summed E-state index contributed by atoms with van der Waals surface area (Å²) in [7, 11) is 0. The minimum atomic E-state index is -0.142. The topological polar surface area (TPSA) is 3.24 Å². The average molecular weight is 221 g/mol. The van der Waals surface area contributed by atoms with Crippen molar-refractivity contribution in [2.75, 3.05) is 13.1 Å². The first-order valence-electron chi connectivity index (χ1n) is 6.16. The SMILES string of the molecule is CC(C)CN1CCC[C@H]1c1ccc(F)cc1. The summed E-state index contributed by atoms with van der Waals surface area (Å²) >= 11 is 0. The van der Waals surface area contributed by atoms with E-state index < -0.39 is 0 Å². The van der Waals surface area contributed by atoms with Crippen LogP contribution >= 0.6 is 0 Å². The molecule has 1 fully saturated rings. The highest BCUT2D eigenvalue weighted by Crippen LogP contribution is 2.32. The Bertz CT molecular complexity index is 331. The summed E-state index contributed by atoms with van der Waals surface area (Å²) in [5.41, 5.74) is 1.26. The molecule has 0 N–H and O–H groups in total. The molecule has 0 spiro atoms. The fourth-order valence-electron chi connectivity index (χ4n) is 2.58. The van der Waals surface area contributed by atoms with Crippen LogP contribution in [0.1, 0.15) is 38.3 Å². The Labute approximate surface area is 97.3 Å². The number of halogens is 1. The third kappa shape index (κ3) is 2.62. The molecular weight excluding hydrogens is 201 g/mol. The second-order valence-electron chi connectivity index (χ2n) is 5.10. The Hall–Kier alpha value is -0.890. The molecule has 1 aliphatic rings. The van der Waals surface area contributed by atoms with Crippen molar-refractivity contribution in [2.45, 2.75) is 32.7 Å². The quantitative estimate of drug-likeness (QED) is 0.753. The van der Waals surface area contributed by atoms with E-state index in [4.69, 9.17) is 0 Å². The van der Waals surface area contributed by atoms with E-state index in [0.29, 0.717) is 12.0 Å². The lowest BCUT2D eigenvalue weighted by Gasteiger charge is -2.26. The van der Waals surface area contributed by atoms with Crippen LogP contribution in [0, 0.1) is 11.7 Å². The molecule has 0 aliphatic carbocycles. The first-order chi connectivity index (χ1) is 7.66. The smallest absolute Gasteiger partial charge is 0.123 e. The van der Waals surface area contributed by atoms with Crippen LogP contribution in [0.2, 0.25) is 0 Å². The lowest BCUT2D eigenvalue weighted by atomic mass is 10.0. The fourth-order valence-corrected chi connectivity index (χ4v) is 2.58. The summed E-state index contributed by atoms with van der Waals surface area (Å²) in [6.07, 6.45) is 2.47. The van der Waals surface area contributed by atoms with Crippen molar-refractivity contribution in [3.8, 4) is 0 Å². The number of hydrogen-bond acceptors (Lipinski definition) is 1. The monoisotopic (exact) mass is 221 g/mol. The molecule has 16 heavy (non-hydrogen) atoms. The van der Waals surface area contributed by atoms with Crippen LogP contribution in [0.15, 0.2) is 24.3 Å². The van der Waals surface area contributed by atoms with Gasteiger partial charge in [0.15, 0.2) is 0 Å². The third-order valence-electron chi connectivity index (χ3n) is 3.22. The Morgan fingerprint density at radius 1 is 1.31 bits per heavy atom. The van der Waals surface area contributed by atoms with Crippen molar-refractivity contribution in [1.29, 1.82) is 0 Å². The van der Waals surface area contributed by atoms with Gasteiger partial charge in [0.2, 0.25) is 0 Å². The molecule has 1 heterocycles. The molecule has 0 unspecified atom stereocenters. The second-order valence-corrected chi connectivity index (χ2v) is 5.10. The maximum Gasteiger partial charge on any atom is 0.123 e. The summed E-state index contributed by atoms with van der Waals surface area (Å²) in [5, 5.41) is 0. The Morgan fingerprint density at radius 3 is 2.62 bits per heavy atom. The van der Waals surface area contributed by atoms with Crippen LogP contribution in [-0.4, -0.2) is 18.0 Å². The zero-order chi connectivity index (χ0) is 11.5. The summed E-state index contributed by atoms with van der Waals surface area (Å²) in [6, 6.07) is 7.50. The highest BCUT2D eigenvalue weighted by molar-refractivity contribution is 5.20. The number of nitrogens with zero attached hydrogens (tertiary/aromatic N) is 1. The molecule has 1 nitrogen and oxygen atoms in total. The predicted molar refractivity (Wildman–Crippen MR) is 64.8 cm³/mol. The molecule has 0 radical (unpaired) electrons. The van der Waals surface area contributed by atoms with Crippen LogP contribution in [0.25, 0.3) is 0 Å². The number of rotatable bonds is 3. The molecule has 2 rings (SSSR count). The molecule has 0 aromatic heterocycles. The van der Waals surface area contributed by atoms with Gasteiger partial charge in [0, 0.05) is 12.6 Å². The highest BCUT2D eigenvalue weighted by atomic mass is 19.1. The molecule has 0 saturated carbocycles. The first kappa shape index (κ1) is 11.6. The van der Waals surface area contributed by atoms with E-state index >= 15 is 0 Å². The maximum absolute atomic E-state index is 12.9. The standard InChI is InChI=1S/C14H20FN/c1-11(2)10-16-9-3-4-14(16)12-5-7-13(15)8-6-12/h5-8,11,14H,3-4,9-10H2,1-2H3/t14-/m0/s1. The minimum Gasteiger partial charge on any atom is -0.296 e. The predicted octanol–water partition coefficient (Wildman–Crippen LogP) is 3.62. The Balaban J connectivity index is 2.10. The van der Waals surface area contributed by atoms with Crippen LogP contribution < -0.4 is 0 Å². The van der Waals surface area contributed by atoms with Crippen molar-refractivity contribution in [1.82, 2.24) is 4.90 Å². The number of benzene rings is 1. The number of likely N-dealkylation sites (tertiary alicyclic amines) is 1. The third-order valence-corrected chi connectivity index (χ3v) is 3.22. The Morgan fingerprint density at radius 2 is 2.00 bits per heavy atom. The summed E-state index contributed by atoms with van der Waals surface area (Å²) in [5.74, 6) is 0.554. The zero-order valence-electron chi connectivity index (χ0n) is 10.1. The average Bonchev–Trinajstić information content (AvgIpc) is 2.66. The van der Waals surface area contributed by atoms with Gasteiger partial charge in [0.05, 0.1) is 0 Å². The molecule has 1 saturated heterocycles. The van der Waals surface area contributed by atoms with E-state index in [0.717, 1.165) is 6.54 Å². The van der Waals surface area contributed by atoms with Gasteiger partial charge < -0.3 is 0 Å². The van der Waals surface area contributed by atoms with Crippen molar-refractivity contribution >= 4 is 0 Å². The maximum atomic E-state index is 12.9. The van der Waals surface area contributed by atoms with Gasteiger partial charge in [0.25, 0.3) is 0 Å². The van der Waals surface area contributed by atoms with Gasteiger partial charge in [-0.05, 0) is 43.0 Å². The molecule has 1 aliphatic heterocycles.